The van der Waals surface area contributed by atoms with Gasteiger partial charge in [0.05, 0.1) is 24.6 Å². The Bertz CT molecular complexity index is 595. The molecular weight excluding hydrogens is 292 g/mol. The number of benzene rings is 1. The normalized spacial score (nSPS) is 14.6. The largest absolute Gasteiger partial charge is 0.481 e. The predicted molar refractivity (Wildman–Crippen MR) is 77.3 cm³/mol. The van der Waals surface area contributed by atoms with E-state index >= 15 is 0 Å². The van der Waals surface area contributed by atoms with Gasteiger partial charge in [0.15, 0.2) is 5.78 Å². The maximum Gasteiger partial charge on any atom is 0.303 e. The van der Waals surface area contributed by atoms with Crippen LogP contribution in [0.4, 0.5) is 11.4 Å². The van der Waals surface area contributed by atoms with Crippen molar-refractivity contribution in [2.75, 3.05) is 31.2 Å². The van der Waals surface area contributed by atoms with Crippen molar-refractivity contribution in [1.29, 1.82) is 0 Å². The molecule has 0 aromatic heterocycles. The second-order valence-corrected chi connectivity index (χ2v) is 4.88. The summed E-state index contributed by atoms with van der Waals surface area (Å²) in [7, 11) is 0. The summed E-state index contributed by atoms with van der Waals surface area (Å²) in [5, 5.41) is 19.8. The van der Waals surface area contributed by atoms with Crippen LogP contribution in [0.1, 0.15) is 23.2 Å². The molecular formula is C14H16N2O6. The molecule has 1 aromatic carbocycles. The van der Waals surface area contributed by atoms with E-state index in [1.807, 2.05) is 4.90 Å². The molecule has 0 amide bonds. The molecule has 8 heteroatoms. The minimum Gasteiger partial charge on any atom is -0.481 e. The van der Waals surface area contributed by atoms with Crippen LogP contribution in [0.3, 0.4) is 0 Å². The number of carboxylic acid groups (broad SMARTS) is 1. The van der Waals surface area contributed by atoms with E-state index in [0.717, 1.165) is 0 Å². The van der Waals surface area contributed by atoms with Crippen molar-refractivity contribution in [2.45, 2.75) is 12.8 Å². The van der Waals surface area contributed by atoms with Crippen molar-refractivity contribution >= 4 is 23.1 Å². The van der Waals surface area contributed by atoms with Crippen LogP contribution < -0.4 is 4.90 Å². The molecule has 22 heavy (non-hydrogen) atoms. The molecule has 1 aliphatic rings. The average Bonchev–Trinajstić information content (AvgIpc) is 2.52. The van der Waals surface area contributed by atoms with E-state index in [1.165, 1.54) is 18.2 Å². The van der Waals surface area contributed by atoms with Crippen LogP contribution in [-0.4, -0.2) is 48.1 Å². The van der Waals surface area contributed by atoms with E-state index in [0.29, 0.717) is 32.0 Å². The molecule has 2 rings (SSSR count). The number of nitro benzene ring substituents is 1. The van der Waals surface area contributed by atoms with Gasteiger partial charge >= 0.3 is 5.97 Å². The zero-order chi connectivity index (χ0) is 16.1. The van der Waals surface area contributed by atoms with Crippen LogP contribution in [-0.2, 0) is 9.53 Å². The molecule has 0 aliphatic carbocycles. The number of carbonyl (C=O) groups excluding carboxylic acids is 1. The first-order valence-corrected chi connectivity index (χ1v) is 6.85. The topological polar surface area (TPSA) is 110 Å². The molecule has 1 fully saturated rings. The third-order valence-corrected chi connectivity index (χ3v) is 3.41. The summed E-state index contributed by atoms with van der Waals surface area (Å²) in [6.45, 7) is 2.09. The van der Waals surface area contributed by atoms with E-state index in [2.05, 4.69) is 0 Å². The maximum atomic E-state index is 11.9. The first-order valence-electron chi connectivity index (χ1n) is 6.85. The second-order valence-electron chi connectivity index (χ2n) is 4.88. The molecule has 1 heterocycles. The summed E-state index contributed by atoms with van der Waals surface area (Å²) >= 11 is 0. The van der Waals surface area contributed by atoms with Gasteiger partial charge in [-0.25, -0.2) is 0 Å². The van der Waals surface area contributed by atoms with Gasteiger partial charge in [-0.15, -0.1) is 0 Å². The summed E-state index contributed by atoms with van der Waals surface area (Å²) in [5.41, 5.74) is 0.455. The van der Waals surface area contributed by atoms with Crippen molar-refractivity contribution in [3.8, 4) is 0 Å². The minimum atomic E-state index is -1.08. The lowest BCUT2D eigenvalue weighted by Crippen LogP contribution is -2.36. The Morgan fingerprint density at radius 2 is 1.95 bits per heavy atom. The van der Waals surface area contributed by atoms with Gasteiger partial charge in [-0.3, -0.25) is 19.7 Å². The van der Waals surface area contributed by atoms with Crippen LogP contribution in [0.5, 0.6) is 0 Å². The third-order valence-electron chi connectivity index (χ3n) is 3.41. The Kier molecular flexibility index (Phi) is 5.05. The Balaban J connectivity index is 2.24. The number of hydrogen-bond donors (Lipinski definition) is 1. The van der Waals surface area contributed by atoms with E-state index in [1.54, 1.807) is 0 Å². The molecule has 118 valence electrons. The monoisotopic (exact) mass is 308 g/mol. The molecule has 1 aliphatic heterocycles. The highest BCUT2D eigenvalue weighted by atomic mass is 16.6. The lowest BCUT2D eigenvalue weighted by molar-refractivity contribution is -0.384. The van der Waals surface area contributed by atoms with Crippen molar-refractivity contribution in [1.82, 2.24) is 0 Å². The average molecular weight is 308 g/mol. The Morgan fingerprint density at radius 1 is 1.27 bits per heavy atom. The second kappa shape index (κ2) is 6.99. The molecule has 0 bridgehead atoms. The highest BCUT2D eigenvalue weighted by Crippen LogP contribution is 2.30. The molecule has 0 radical (unpaired) electrons. The summed E-state index contributed by atoms with van der Waals surface area (Å²) < 4.78 is 5.22. The fourth-order valence-corrected chi connectivity index (χ4v) is 2.28. The number of nitro groups is 1. The van der Waals surface area contributed by atoms with Gasteiger partial charge in [-0.1, -0.05) is 0 Å². The number of anilines is 1. The van der Waals surface area contributed by atoms with Crippen molar-refractivity contribution < 1.29 is 24.4 Å². The van der Waals surface area contributed by atoms with Gasteiger partial charge in [0.1, 0.15) is 5.69 Å². The number of aliphatic carboxylic acids is 1. The number of Topliss-reactive ketones (excluding diaryl/α,β-unsaturated/α-hetero) is 1. The standard InChI is InChI=1S/C14H16N2O6/c17-13(3-4-14(18)19)10-1-2-11(12(9-10)16(20)21)15-5-7-22-8-6-15/h1-2,9H,3-8H2,(H,18,19). The number of nitrogens with zero attached hydrogens (tertiary/aromatic N) is 2. The SMILES string of the molecule is O=C(O)CCC(=O)c1ccc(N2CCOCC2)c([N+](=O)[O-])c1. The van der Waals surface area contributed by atoms with Gasteiger partial charge in [-0.2, -0.15) is 0 Å². The maximum absolute atomic E-state index is 11.9. The number of hydrogen-bond acceptors (Lipinski definition) is 6. The lowest BCUT2D eigenvalue weighted by Gasteiger charge is -2.28. The molecule has 0 saturated carbocycles. The summed E-state index contributed by atoms with van der Waals surface area (Å²) in [6.07, 6.45) is -0.471. The van der Waals surface area contributed by atoms with Crippen molar-refractivity contribution in [2.24, 2.45) is 0 Å². The van der Waals surface area contributed by atoms with Crippen molar-refractivity contribution in [3.05, 3.63) is 33.9 Å². The summed E-state index contributed by atoms with van der Waals surface area (Å²) in [5.74, 6) is -1.49. The number of morpholine rings is 1. The van der Waals surface area contributed by atoms with E-state index < -0.39 is 16.7 Å². The fourth-order valence-electron chi connectivity index (χ4n) is 2.28. The fraction of sp³-hybridized carbons (Fsp3) is 0.429. The van der Waals surface area contributed by atoms with Crippen LogP contribution in [0.2, 0.25) is 0 Å². The van der Waals surface area contributed by atoms with E-state index in [4.69, 9.17) is 9.84 Å². The first-order chi connectivity index (χ1) is 10.5. The quantitative estimate of drug-likeness (QED) is 0.481. The first kappa shape index (κ1) is 15.9. The van der Waals surface area contributed by atoms with E-state index in [9.17, 15) is 19.7 Å². The van der Waals surface area contributed by atoms with E-state index in [-0.39, 0.29) is 24.1 Å². The van der Waals surface area contributed by atoms with Gasteiger partial charge in [-0.05, 0) is 12.1 Å². The molecule has 1 saturated heterocycles. The summed E-state index contributed by atoms with van der Waals surface area (Å²) in [4.78, 5) is 34.9. The molecule has 0 spiro atoms. The number of ketones is 1. The number of carboxylic acids is 1. The molecule has 8 nitrogen and oxygen atoms in total. The van der Waals surface area contributed by atoms with Gasteiger partial charge < -0.3 is 14.7 Å². The van der Waals surface area contributed by atoms with Gasteiger partial charge in [0, 0.05) is 31.1 Å². The summed E-state index contributed by atoms with van der Waals surface area (Å²) in [6, 6.07) is 4.26. The molecule has 1 N–H and O–H groups in total. The smallest absolute Gasteiger partial charge is 0.303 e. The highest BCUT2D eigenvalue weighted by Gasteiger charge is 2.23. The highest BCUT2D eigenvalue weighted by molar-refractivity contribution is 5.98. The third kappa shape index (κ3) is 3.79. The van der Waals surface area contributed by atoms with Gasteiger partial charge in [0.2, 0.25) is 0 Å². The molecule has 0 unspecified atom stereocenters. The van der Waals surface area contributed by atoms with Crippen LogP contribution in [0.15, 0.2) is 18.2 Å². The predicted octanol–water partition coefficient (Wildman–Crippen LogP) is 1.48. The number of carbonyl (C=O) groups is 2. The Hall–Kier alpha value is -2.48. The lowest BCUT2D eigenvalue weighted by atomic mass is 10.0. The van der Waals surface area contributed by atoms with Gasteiger partial charge in [0.25, 0.3) is 5.69 Å². The number of rotatable bonds is 6. The number of ether oxygens (including phenoxy) is 1. The minimum absolute atomic E-state index is 0.150. The van der Waals surface area contributed by atoms with Crippen LogP contribution in [0.25, 0.3) is 0 Å². The zero-order valence-electron chi connectivity index (χ0n) is 11.9. The zero-order valence-corrected chi connectivity index (χ0v) is 11.9. The van der Waals surface area contributed by atoms with Crippen LogP contribution >= 0.6 is 0 Å². The molecule has 1 aromatic rings. The Labute approximate surface area is 126 Å². The van der Waals surface area contributed by atoms with Crippen LogP contribution in [0, 0.1) is 10.1 Å². The molecule has 0 atom stereocenters. The van der Waals surface area contributed by atoms with Crippen molar-refractivity contribution in [3.63, 3.8) is 0 Å². The Morgan fingerprint density at radius 3 is 2.55 bits per heavy atom.